The fourth-order valence-electron chi connectivity index (χ4n) is 9.47. The molecule has 0 aliphatic carbocycles. The average Bonchev–Trinajstić information content (AvgIpc) is 3.76. The molecular weight excluding hydrogens is 649 g/mol. The van der Waals surface area contributed by atoms with Crippen molar-refractivity contribution in [3.63, 3.8) is 0 Å². The van der Waals surface area contributed by atoms with Gasteiger partial charge in [0.1, 0.15) is 0 Å². The van der Waals surface area contributed by atoms with E-state index >= 15 is 0 Å². The number of rotatable bonds is 12. The Morgan fingerprint density at radius 3 is 0.547 bits per heavy atom. The van der Waals surface area contributed by atoms with Gasteiger partial charge in [0.25, 0.3) is 0 Å². The van der Waals surface area contributed by atoms with Crippen LogP contribution in [0.15, 0.2) is 182 Å². The largest absolute Gasteiger partial charge is 0.251 e. The van der Waals surface area contributed by atoms with Gasteiger partial charge in [-0.3, -0.25) is 29.4 Å². The molecule has 0 N–H and O–H groups in total. The molecule has 0 unspecified atom stereocenters. The quantitative estimate of drug-likeness (QED) is 0.128. The molecule has 0 saturated carbocycles. The van der Waals surface area contributed by atoms with E-state index in [1.54, 1.807) is 0 Å². The van der Waals surface area contributed by atoms with Gasteiger partial charge in [0.15, 0.2) is 11.6 Å². The molecule has 6 nitrogen and oxygen atoms in total. The van der Waals surface area contributed by atoms with Crippen molar-refractivity contribution in [3.05, 3.63) is 215 Å². The molecule has 3 heterocycles. The van der Waals surface area contributed by atoms with E-state index in [1.807, 2.05) is 0 Å². The van der Waals surface area contributed by atoms with Crippen molar-refractivity contribution in [2.24, 2.45) is 0 Å². The molecule has 0 aromatic heterocycles. The van der Waals surface area contributed by atoms with Crippen LogP contribution >= 0.6 is 0 Å². The molecule has 53 heavy (non-hydrogen) atoms. The van der Waals surface area contributed by atoms with Crippen LogP contribution in [0.2, 0.25) is 0 Å². The molecule has 0 atom stereocenters. The topological polar surface area (TPSA) is 19.4 Å². The zero-order valence-corrected chi connectivity index (χ0v) is 30.4. The molecule has 3 aliphatic rings. The summed E-state index contributed by atoms with van der Waals surface area (Å²) < 4.78 is 0. The summed E-state index contributed by atoms with van der Waals surface area (Å²) in [4.78, 5) is 16.9. The molecular formula is C47H48N6. The lowest BCUT2D eigenvalue weighted by atomic mass is 10.0. The van der Waals surface area contributed by atoms with E-state index in [0.29, 0.717) is 0 Å². The monoisotopic (exact) mass is 696 g/mol. The van der Waals surface area contributed by atoms with Crippen molar-refractivity contribution in [2.75, 3.05) is 20.0 Å². The lowest BCUT2D eigenvalue weighted by molar-refractivity contribution is -0.166. The third-order valence-corrected chi connectivity index (χ3v) is 11.4. The van der Waals surface area contributed by atoms with Gasteiger partial charge in [0.2, 0.25) is 0 Å². The standard InChI is InChI=1S/C47H48N6/c1-7-19-40(20-8-1)31-48-37-49(32-41-21-9-2-10-22-41)47-46(48,50(33-42-23-11-3-12-24-42)38-52(47)35-44-27-15-5-16-28-44)51(34-43-25-13-4-14-26-43)39-53(47)36-45-29-17-6-18-30-45/h1-30H,31-39H2. The van der Waals surface area contributed by atoms with Crippen LogP contribution in [0.3, 0.4) is 0 Å². The fraction of sp³-hybridized carbons (Fsp3) is 0.234. The highest BCUT2D eigenvalue weighted by Gasteiger charge is 2.80. The minimum atomic E-state index is -0.507. The SMILES string of the molecule is c1ccc(CN2CN(Cc3ccccc3)C34N(Cc5ccccc5)CN(Cc5ccccc5)C23N(Cc2ccccc2)CN4Cc2ccccc2)cc1. The average molecular weight is 697 g/mol. The van der Waals surface area contributed by atoms with Gasteiger partial charge in [0.05, 0.1) is 20.0 Å². The molecule has 6 aromatic rings. The van der Waals surface area contributed by atoms with E-state index in [-0.39, 0.29) is 0 Å². The summed E-state index contributed by atoms with van der Waals surface area (Å²) in [6.07, 6.45) is 0. The maximum Gasteiger partial charge on any atom is 0.183 e. The van der Waals surface area contributed by atoms with Crippen LogP contribution in [0.5, 0.6) is 0 Å². The van der Waals surface area contributed by atoms with Crippen LogP contribution < -0.4 is 0 Å². The third kappa shape index (κ3) is 6.21. The van der Waals surface area contributed by atoms with Crippen molar-refractivity contribution in [3.8, 4) is 0 Å². The van der Waals surface area contributed by atoms with Crippen LogP contribution in [0.1, 0.15) is 33.4 Å². The summed E-state index contributed by atoms with van der Waals surface area (Å²) in [5.74, 6) is -1.01. The minimum Gasteiger partial charge on any atom is -0.251 e. The van der Waals surface area contributed by atoms with Gasteiger partial charge < -0.3 is 0 Å². The van der Waals surface area contributed by atoms with E-state index in [0.717, 1.165) is 59.3 Å². The summed E-state index contributed by atoms with van der Waals surface area (Å²) in [7, 11) is 0. The smallest absolute Gasteiger partial charge is 0.183 e. The van der Waals surface area contributed by atoms with E-state index in [9.17, 15) is 0 Å². The maximum atomic E-state index is 2.81. The van der Waals surface area contributed by atoms with Gasteiger partial charge in [-0.25, -0.2) is 0 Å². The van der Waals surface area contributed by atoms with Crippen LogP contribution in [-0.4, -0.2) is 61.0 Å². The highest BCUT2D eigenvalue weighted by atomic mass is 15.9. The summed E-state index contributed by atoms with van der Waals surface area (Å²) in [5.41, 5.74) is 8.00. The second-order valence-electron chi connectivity index (χ2n) is 14.8. The van der Waals surface area contributed by atoms with E-state index in [1.165, 1.54) is 33.4 Å². The first kappa shape index (κ1) is 33.9. The Morgan fingerprint density at radius 1 is 0.245 bits per heavy atom. The third-order valence-electron chi connectivity index (χ3n) is 11.4. The molecule has 6 aromatic carbocycles. The number of hydrogen-bond acceptors (Lipinski definition) is 6. The predicted molar refractivity (Wildman–Crippen MR) is 212 cm³/mol. The number of nitrogens with zero attached hydrogens (tertiary/aromatic N) is 6. The van der Waals surface area contributed by atoms with Crippen molar-refractivity contribution in [2.45, 2.75) is 50.8 Å². The first-order chi connectivity index (χ1) is 26.2. The molecule has 3 aliphatic heterocycles. The summed E-state index contributed by atoms with van der Waals surface area (Å²) >= 11 is 0. The molecule has 3 fully saturated rings. The summed E-state index contributed by atoms with van der Waals surface area (Å²) in [6, 6.07) is 66.7. The Hall–Kier alpha value is -4.92. The molecule has 3 saturated heterocycles. The molecule has 0 amide bonds. The van der Waals surface area contributed by atoms with E-state index < -0.39 is 11.6 Å². The van der Waals surface area contributed by atoms with Crippen LogP contribution in [0.4, 0.5) is 0 Å². The number of hydrogen-bond donors (Lipinski definition) is 0. The Balaban J connectivity index is 1.29. The maximum absolute atomic E-state index is 2.81. The Labute approximate surface area is 314 Å². The van der Waals surface area contributed by atoms with E-state index in [4.69, 9.17) is 0 Å². The zero-order chi connectivity index (χ0) is 35.5. The molecule has 0 bridgehead atoms. The van der Waals surface area contributed by atoms with Crippen LogP contribution in [0.25, 0.3) is 0 Å². The van der Waals surface area contributed by atoms with Gasteiger partial charge in [0, 0.05) is 39.3 Å². The van der Waals surface area contributed by atoms with Gasteiger partial charge in [-0.2, -0.15) is 0 Å². The summed E-state index contributed by atoms with van der Waals surface area (Å²) in [5, 5.41) is 0. The van der Waals surface area contributed by atoms with Crippen LogP contribution in [0, 0.1) is 0 Å². The summed E-state index contributed by atoms with van der Waals surface area (Å²) in [6.45, 7) is 7.47. The molecule has 6 heteroatoms. The first-order valence-corrected chi connectivity index (χ1v) is 19.0. The first-order valence-electron chi connectivity index (χ1n) is 19.0. The second kappa shape index (κ2) is 14.8. The van der Waals surface area contributed by atoms with Crippen molar-refractivity contribution in [1.29, 1.82) is 0 Å². The molecule has 266 valence electrons. The molecule has 0 radical (unpaired) electrons. The van der Waals surface area contributed by atoms with Gasteiger partial charge >= 0.3 is 0 Å². The van der Waals surface area contributed by atoms with Crippen molar-refractivity contribution < 1.29 is 0 Å². The van der Waals surface area contributed by atoms with Crippen molar-refractivity contribution in [1.82, 2.24) is 29.4 Å². The zero-order valence-electron chi connectivity index (χ0n) is 30.4. The van der Waals surface area contributed by atoms with Gasteiger partial charge in [-0.05, 0) is 33.4 Å². The van der Waals surface area contributed by atoms with Gasteiger partial charge in [-0.1, -0.05) is 182 Å². The predicted octanol–water partition coefficient (Wildman–Crippen LogP) is 8.22. The van der Waals surface area contributed by atoms with Gasteiger partial charge in [-0.15, -0.1) is 0 Å². The molecule has 9 rings (SSSR count). The lowest BCUT2D eigenvalue weighted by Gasteiger charge is -2.51. The van der Waals surface area contributed by atoms with Crippen molar-refractivity contribution >= 4 is 0 Å². The Morgan fingerprint density at radius 2 is 0.396 bits per heavy atom. The Bertz CT molecular complexity index is 1660. The highest BCUT2D eigenvalue weighted by molar-refractivity contribution is 5.30. The second-order valence-corrected chi connectivity index (χ2v) is 14.8. The fourth-order valence-corrected chi connectivity index (χ4v) is 9.47. The number of benzene rings is 6. The molecule has 0 spiro atoms. The van der Waals surface area contributed by atoms with E-state index in [2.05, 4.69) is 211 Å². The Kier molecular flexibility index (Phi) is 9.49. The normalized spacial score (nSPS) is 22.6. The highest BCUT2D eigenvalue weighted by Crippen LogP contribution is 2.59. The van der Waals surface area contributed by atoms with Crippen LogP contribution in [-0.2, 0) is 39.3 Å². The minimum absolute atomic E-state index is 0.507. The lowest BCUT2D eigenvalue weighted by Crippen LogP contribution is -2.73.